The van der Waals surface area contributed by atoms with Crippen LogP contribution in [0.25, 0.3) is 0 Å². The van der Waals surface area contributed by atoms with E-state index in [2.05, 4.69) is 10.3 Å². The van der Waals surface area contributed by atoms with Gasteiger partial charge in [0, 0.05) is 13.1 Å². The Hall–Kier alpha value is -2.56. The summed E-state index contributed by atoms with van der Waals surface area (Å²) in [6.45, 7) is 0.936. The highest BCUT2D eigenvalue weighted by Crippen LogP contribution is 2.35. The van der Waals surface area contributed by atoms with E-state index in [-0.39, 0.29) is 21.6 Å². The zero-order valence-corrected chi connectivity index (χ0v) is 17.4. The van der Waals surface area contributed by atoms with E-state index in [4.69, 9.17) is 32.7 Å². The number of carbonyl (C=O) groups excluding carboxylic acids is 2. The number of nitrogens with zero attached hydrogens (tertiary/aromatic N) is 2. The topological polar surface area (TPSA) is 80.8 Å². The Morgan fingerprint density at radius 3 is 2.55 bits per heavy atom. The molecule has 1 aliphatic heterocycles. The number of benzene rings is 1. The molecule has 1 aromatic heterocycles. The highest BCUT2D eigenvalue weighted by atomic mass is 35.5. The number of hydrogen-bond donors (Lipinski definition) is 1. The summed E-state index contributed by atoms with van der Waals surface area (Å²) in [6, 6.07) is 5.76. The van der Waals surface area contributed by atoms with Crippen molar-refractivity contribution in [1.82, 2.24) is 4.98 Å². The van der Waals surface area contributed by atoms with Crippen molar-refractivity contribution < 1.29 is 32.2 Å². The van der Waals surface area contributed by atoms with Gasteiger partial charge in [0.1, 0.15) is 5.15 Å². The summed E-state index contributed by atoms with van der Waals surface area (Å²) >= 11 is 11.6. The quantitative estimate of drug-likeness (QED) is 0.517. The van der Waals surface area contributed by atoms with Crippen molar-refractivity contribution in [2.45, 2.75) is 6.18 Å². The molecule has 0 atom stereocenters. The molecule has 1 saturated heterocycles. The summed E-state index contributed by atoms with van der Waals surface area (Å²) < 4.78 is 49.6. The fourth-order valence-corrected chi connectivity index (χ4v) is 3.17. The van der Waals surface area contributed by atoms with Crippen molar-refractivity contribution in [3.8, 4) is 0 Å². The molecule has 31 heavy (non-hydrogen) atoms. The first-order valence-electron chi connectivity index (χ1n) is 8.98. The van der Waals surface area contributed by atoms with Gasteiger partial charge in [0.05, 0.1) is 35.2 Å². The third-order valence-electron chi connectivity index (χ3n) is 4.29. The van der Waals surface area contributed by atoms with E-state index in [1.54, 1.807) is 4.90 Å². The third kappa shape index (κ3) is 5.99. The first-order chi connectivity index (χ1) is 14.6. The second-order valence-corrected chi connectivity index (χ2v) is 7.21. The van der Waals surface area contributed by atoms with E-state index < -0.39 is 30.2 Å². The minimum atomic E-state index is -4.59. The van der Waals surface area contributed by atoms with Crippen LogP contribution in [0.1, 0.15) is 16.1 Å². The van der Waals surface area contributed by atoms with E-state index >= 15 is 0 Å². The van der Waals surface area contributed by atoms with Crippen LogP contribution < -0.4 is 10.2 Å². The van der Waals surface area contributed by atoms with Crippen LogP contribution in [0.15, 0.2) is 30.3 Å². The van der Waals surface area contributed by atoms with E-state index in [0.717, 1.165) is 12.1 Å². The molecule has 12 heteroatoms. The molecule has 0 aliphatic carbocycles. The Kier molecular flexibility index (Phi) is 7.24. The fourth-order valence-electron chi connectivity index (χ4n) is 2.84. The van der Waals surface area contributed by atoms with Crippen LogP contribution in [0.5, 0.6) is 0 Å². The number of amides is 1. The van der Waals surface area contributed by atoms with Crippen LogP contribution >= 0.6 is 23.2 Å². The van der Waals surface area contributed by atoms with Gasteiger partial charge in [-0.05, 0) is 30.3 Å². The first-order valence-corrected chi connectivity index (χ1v) is 9.73. The minimum Gasteiger partial charge on any atom is -0.451 e. The second-order valence-electron chi connectivity index (χ2n) is 6.42. The van der Waals surface area contributed by atoms with Crippen LogP contribution in [0.4, 0.5) is 24.5 Å². The van der Waals surface area contributed by atoms with Gasteiger partial charge < -0.3 is 19.7 Å². The predicted octanol–water partition coefficient (Wildman–Crippen LogP) is 4.04. The molecule has 0 bridgehead atoms. The number of halogens is 5. The molecule has 2 heterocycles. The molecular formula is C19H16Cl2F3N3O4. The number of rotatable bonds is 5. The summed E-state index contributed by atoms with van der Waals surface area (Å²) in [4.78, 5) is 29.9. The largest absolute Gasteiger partial charge is 0.451 e. The maximum atomic E-state index is 13.1. The van der Waals surface area contributed by atoms with Crippen LogP contribution in [0.2, 0.25) is 10.2 Å². The van der Waals surface area contributed by atoms with Crippen molar-refractivity contribution in [1.29, 1.82) is 0 Å². The molecule has 1 amide bonds. The lowest BCUT2D eigenvalue weighted by Gasteiger charge is -2.31. The number of anilines is 2. The van der Waals surface area contributed by atoms with Gasteiger partial charge in [0.2, 0.25) is 0 Å². The third-order valence-corrected chi connectivity index (χ3v) is 4.80. The van der Waals surface area contributed by atoms with E-state index in [9.17, 15) is 22.8 Å². The predicted molar refractivity (Wildman–Crippen MR) is 108 cm³/mol. The van der Waals surface area contributed by atoms with Gasteiger partial charge in [0.15, 0.2) is 12.3 Å². The number of esters is 1. The number of aromatic nitrogens is 1. The Bertz CT molecular complexity index is 982. The summed E-state index contributed by atoms with van der Waals surface area (Å²) in [5.74, 6) is -1.83. The Labute approximate surface area is 185 Å². The zero-order chi connectivity index (χ0) is 22.6. The molecule has 166 valence electrons. The highest BCUT2D eigenvalue weighted by molar-refractivity contribution is 6.34. The van der Waals surface area contributed by atoms with Gasteiger partial charge in [-0.3, -0.25) is 4.79 Å². The van der Waals surface area contributed by atoms with E-state index in [0.29, 0.717) is 32.0 Å². The standard InChI is InChI=1S/C19H16Cl2F3N3O4/c20-12-2-4-15(21)26-17(12)18(29)31-10-16(28)25-13-9-11(19(22,23)24)1-3-14(13)27-5-7-30-8-6-27/h1-4,9H,5-8,10H2,(H,25,28). The highest BCUT2D eigenvalue weighted by Gasteiger charge is 2.32. The number of hydrogen-bond acceptors (Lipinski definition) is 6. The Morgan fingerprint density at radius 2 is 1.87 bits per heavy atom. The molecule has 0 unspecified atom stereocenters. The number of pyridine rings is 1. The SMILES string of the molecule is O=C(COC(=O)c1nc(Cl)ccc1Cl)Nc1cc(C(F)(F)F)ccc1N1CCOCC1. The average molecular weight is 478 g/mol. The lowest BCUT2D eigenvalue weighted by molar-refractivity contribution is -0.137. The van der Waals surface area contributed by atoms with Gasteiger partial charge in [-0.25, -0.2) is 9.78 Å². The molecule has 1 fully saturated rings. The normalized spacial score (nSPS) is 14.3. The van der Waals surface area contributed by atoms with Crippen LogP contribution in [-0.4, -0.2) is 49.8 Å². The van der Waals surface area contributed by atoms with Crippen LogP contribution in [0, 0.1) is 0 Å². The van der Waals surface area contributed by atoms with Crippen molar-refractivity contribution in [3.05, 3.63) is 51.8 Å². The maximum absolute atomic E-state index is 13.1. The zero-order valence-electron chi connectivity index (χ0n) is 15.8. The van der Waals surface area contributed by atoms with Crippen molar-refractivity contribution >= 4 is 46.5 Å². The number of morpholine rings is 1. The minimum absolute atomic E-state index is 0.0000740. The van der Waals surface area contributed by atoms with Crippen LogP contribution in [-0.2, 0) is 20.4 Å². The van der Waals surface area contributed by atoms with Crippen molar-refractivity contribution in [2.75, 3.05) is 43.1 Å². The number of carbonyl (C=O) groups is 2. The Balaban J connectivity index is 1.74. The lowest BCUT2D eigenvalue weighted by atomic mass is 10.1. The molecule has 1 aromatic carbocycles. The van der Waals surface area contributed by atoms with Gasteiger partial charge in [0.25, 0.3) is 5.91 Å². The molecule has 0 radical (unpaired) electrons. The molecule has 2 aromatic rings. The molecule has 0 spiro atoms. The molecule has 0 saturated carbocycles. The summed E-state index contributed by atoms with van der Waals surface area (Å²) in [6.07, 6.45) is -4.59. The van der Waals surface area contributed by atoms with Crippen LogP contribution in [0.3, 0.4) is 0 Å². The summed E-state index contributed by atoms with van der Waals surface area (Å²) in [5.41, 5.74) is -0.867. The lowest BCUT2D eigenvalue weighted by Crippen LogP contribution is -2.37. The maximum Gasteiger partial charge on any atom is 0.416 e. The monoisotopic (exact) mass is 477 g/mol. The smallest absolute Gasteiger partial charge is 0.416 e. The fraction of sp³-hybridized carbons (Fsp3) is 0.316. The number of nitrogens with one attached hydrogen (secondary N) is 1. The van der Waals surface area contributed by atoms with E-state index in [1.807, 2.05) is 0 Å². The number of ether oxygens (including phenoxy) is 2. The first kappa shape index (κ1) is 23.1. The summed E-state index contributed by atoms with van der Waals surface area (Å²) in [7, 11) is 0. The molecule has 1 aliphatic rings. The van der Waals surface area contributed by atoms with Gasteiger partial charge in [-0.1, -0.05) is 23.2 Å². The van der Waals surface area contributed by atoms with Gasteiger partial charge >= 0.3 is 12.1 Å². The van der Waals surface area contributed by atoms with Crippen molar-refractivity contribution in [3.63, 3.8) is 0 Å². The molecule has 3 rings (SSSR count). The molecular weight excluding hydrogens is 462 g/mol. The average Bonchev–Trinajstić information content (AvgIpc) is 2.73. The molecule has 1 N–H and O–H groups in total. The second kappa shape index (κ2) is 9.71. The van der Waals surface area contributed by atoms with E-state index in [1.165, 1.54) is 18.2 Å². The molecule has 7 nitrogen and oxygen atoms in total. The summed E-state index contributed by atoms with van der Waals surface area (Å²) in [5, 5.41) is 2.35. The van der Waals surface area contributed by atoms with Gasteiger partial charge in [-0.2, -0.15) is 13.2 Å². The van der Waals surface area contributed by atoms with Gasteiger partial charge in [-0.15, -0.1) is 0 Å². The Morgan fingerprint density at radius 1 is 1.16 bits per heavy atom. The number of alkyl halides is 3. The van der Waals surface area contributed by atoms with Crippen molar-refractivity contribution in [2.24, 2.45) is 0 Å².